The van der Waals surface area contributed by atoms with Crippen LogP contribution in [-0.2, 0) is 0 Å². The van der Waals surface area contributed by atoms with Crippen LogP contribution in [0, 0.1) is 6.92 Å². The van der Waals surface area contributed by atoms with Gasteiger partial charge in [0.2, 0.25) is 0 Å². The van der Waals surface area contributed by atoms with Gasteiger partial charge in [-0.2, -0.15) is 0 Å². The molecule has 0 spiro atoms. The van der Waals surface area contributed by atoms with E-state index in [0.29, 0.717) is 10.6 Å². The lowest BCUT2D eigenvalue weighted by atomic mass is 10.0. The monoisotopic (exact) mass is 321 g/mol. The molecule has 0 atom stereocenters. The number of fused-ring (bicyclic) bond motifs is 1. The van der Waals surface area contributed by atoms with Crippen LogP contribution < -0.4 is 5.32 Å². The van der Waals surface area contributed by atoms with E-state index < -0.39 is 0 Å². The van der Waals surface area contributed by atoms with Crippen molar-refractivity contribution in [3.8, 4) is 0 Å². The molecule has 3 rings (SSSR count). The lowest BCUT2D eigenvalue weighted by Crippen LogP contribution is -1.96. The summed E-state index contributed by atoms with van der Waals surface area (Å²) in [6.07, 6.45) is 3.16. The van der Waals surface area contributed by atoms with Crippen LogP contribution in [0.1, 0.15) is 15.9 Å². The number of halogens is 1. The van der Waals surface area contributed by atoms with Gasteiger partial charge in [-0.05, 0) is 41.5 Å². The zero-order valence-corrected chi connectivity index (χ0v) is 13.5. The molecule has 0 aliphatic rings. The minimum absolute atomic E-state index is 0.0403. The fourth-order valence-electron chi connectivity index (χ4n) is 2.34. The Hall–Kier alpha value is -2.58. The van der Waals surface area contributed by atoms with Gasteiger partial charge in [0.25, 0.3) is 0 Å². The van der Waals surface area contributed by atoms with Crippen molar-refractivity contribution in [3.05, 3.63) is 89.1 Å². The number of rotatable bonds is 4. The van der Waals surface area contributed by atoms with Gasteiger partial charge in [0.1, 0.15) is 0 Å². The number of allylic oxidation sites excluding steroid dienone is 1. The van der Waals surface area contributed by atoms with E-state index in [1.54, 1.807) is 6.20 Å². The molecule has 2 nitrogen and oxygen atoms in total. The highest BCUT2D eigenvalue weighted by Crippen LogP contribution is 2.20. The molecule has 0 heterocycles. The summed E-state index contributed by atoms with van der Waals surface area (Å²) >= 11 is 6.08. The van der Waals surface area contributed by atoms with Crippen molar-refractivity contribution in [2.45, 2.75) is 6.92 Å². The van der Waals surface area contributed by atoms with Crippen LogP contribution in [0.5, 0.6) is 0 Å². The largest absolute Gasteiger partial charge is 0.362 e. The molecule has 0 amide bonds. The lowest BCUT2D eigenvalue weighted by molar-refractivity contribution is 0.104. The van der Waals surface area contributed by atoms with Gasteiger partial charge in [0.15, 0.2) is 5.78 Å². The highest BCUT2D eigenvalue weighted by atomic mass is 35.5. The number of benzene rings is 3. The number of aryl methyl sites for hydroxylation is 1. The normalized spacial score (nSPS) is 11.0. The van der Waals surface area contributed by atoms with Gasteiger partial charge in [0.05, 0.1) is 0 Å². The summed E-state index contributed by atoms with van der Waals surface area (Å²) in [5.41, 5.74) is 2.54. The number of ketones is 1. The van der Waals surface area contributed by atoms with Gasteiger partial charge >= 0.3 is 0 Å². The Morgan fingerprint density at radius 1 is 1.00 bits per heavy atom. The Balaban J connectivity index is 1.73. The van der Waals surface area contributed by atoms with Crippen LogP contribution in [0.3, 0.4) is 0 Å². The summed E-state index contributed by atoms with van der Waals surface area (Å²) in [6.45, 7) is 1.95. The van der Waals surface area contributed by atoms with Gasteiger partial charge in [-0.25, -0.2) is 0 Å². The summed E-state index contributed by atoms with van der Waals surface area (Å²) < 4.78 is 0. The first-order valence-electron chi connectivity index (χ1n) is 7.36. The molecule has 0 radical (unpaired) electrons. The van der Waals surface area contributed by atoms with Crippen LogP contribution in [0.25, 0.3) is 10.8 Å². The topological polar surface area (TPSA) is 29.1 Å². The lowest BCUT2D eigenvalue weighted by Gasteiger charge is -2.03. The van der Waals surface area contributed by atoms with Crippen molar-refractivity contribution in [1.29, 1.82) is 0 Å². The first-order chi connectivity index (χ1) is 11.1. The quantitative estimate of drug-likeness (QED) is 0.500. The molecule has 0 aliphatic carbocycles. The Kier molecular flexibility index (Phi) is 4.45. The van der Waals surface area contributed by atoms with Crippen LogP contribution in [-0.4, -0.2) is 5.78 Å². The molecule has 0 unspecified atom stereocenters. The molecule has 114 valence electrons. The van der Waals surface area contributed by atoms with Crippen LogP contribution in [0.4, 0.5) is 5.69 Å². The van der Waals surface area contributed by atoms with Crippen LogP contribution in [0.15, 0.2) is 72.9 Å². The summed E-state index contributed by atoms with van der Waals surface area (Å²) in [7, 11) is 0. The van der Waals surface area contributed by atoms with Crippen molar-refractivity contribution in [1.82, 2.24) is 0 Å². The van der Waals surface area contributed by atoms with E-state index in [1.165, 1.54) is 6.08 Å². The number of carbonyl (C=O) groups is 1. The number of nitrogens with one attached hydrogen (secondary N) is 1. The van der Waals surface area contributed by atoms with E-state index in [2.05, 4.69) is 5.32 Å². The molecule has 0 bridgehead atoms. The van der Waals surface area contributed by atoms with E-state index in [1.807, 2.05) is 67.6 Å². The molecule has 0 fully saturated rings. The van der Waals surface area contributed by atoms with E-state index in [4.69, 9.17) is 11.6 Å². The maximum atomic E-state index is 12.2. The number of hydrogen-bond donors (Lipinski definition) is 1. The molecule has 0 saturated heterocycles. The van der Waals surface area contributed by atoms with E-state index >= 15 is 0 Å². The molecule has 0 aliphatic heterocycles. The Morgan fingerprint density at radius 2 is 1.78 bits per heavy atom. The van der Waals surface area contributed by atoms with Gasteiger partial charge in [-0.3, -0.25) is 4.79 Å². The van der Waals surface area contributed by atoms with Gasteiger partial charge in [-0.1, -0.05) is 54.1 Å². The average Bonchev–Trinajstić information content (AvgIpc) is 2.57. The minimum atomic E-state index is -0.0403. The summed E-state index contributed by atoms with van der Waals surface area (Å²) in [5.74, 6) is -0.0403. The first-order valence-corrected chi connectivity index (χ1v) is 7.74. The molecule has 3 aromatic carbocycles. The second kappa shape index (κ2) is 6.67. The van der Waals surface area contributed by atoms with Crippen molar-refractivity contribution >= 4 is 33.8 Å². The van der Waals surface area contributed by atoms with Crippen molar-refractivity contribution in [3.63, 3.8) is 0 Å². The maximum absolute atomic E-state index is 12.2. The van der Waals surface area contributed by atoms with Gasteiger partial charge in [-0.15, -0.1) is 0 Å². The predicted molar refractivity (Wildman–Crippen MR) is 97.2 cm³/mol. The van der Waals surface area contributed by atoms with Crippen molar-refractivity contribution in [2.75, 3.05) is 5.32 Å². The van der Waals surface area contributed by atoms with Crippen molar-refractivity contribution < 1.29 is 4.79 Å². The molecular formula is C20H16ClNO. The second-order valence-corrected chi connectivity index (χ2v) is 5.78. The zero-order valence-electron chi connectivity index (χ0n) is 12.7. The molecule has 1 N–H and O–H groups in total. The molecular weight excluding hydrogens is 306 g/mol. The Morgan fingerprint density at radius 3 is 2.57 bits per heavy atom. The first kappa shape index (κ1) is 15.3. The van der Waals surface area contributed by atoms with Crippen molar-refractivity contribution in [2.24, 2.45) is 0 Å². The average molecular weight is 322 g/mol. The number of carbonyl (C=O) groups excluding carboxylic acids is 1. The highest BCUT2D eigenvalue weighted by molar-refractivity contribution is 6.31. The SMILES string of the molecule is Cc1ccc(NC=CC(=O)c2ccc3ccccc3c2)cc1Cl. The third kappa shape index (κ3) is 3.61. The number of hydrogen-bond acceptors (Lipinski definition) is 2. The summed E-state index contributed by atoms with van der Waals surface area (Å²) in [4.78, 5) is 12.2. The van der Waals surface area contributed by atoms with E-state index in [0.717, 1.165) is 22.0 Å². The molecule has 23 heavy (non-hydrogen) atoms. The van der Waals surface area contributed by atoms with E-state index in [-0.39, 0.29) is 5.78 Å². The molecule has 3 heteroatoms. The second-order valence-electron chi connectivity index (χ2n) is 5.37. The summed E-state index contributed by atoms with van der Waals surface area (Å²) in [5, 5.41) is 5.95. The molecule has 0 saturated carbocycles. The number of anilines is 1. The molecule has 3 aromatic rings. The highest BCUT2D eigenvalue weighted by Gasteiger charge is 2.03. The van der Waals surface area contributed by atoms with Gasteiger partial charge < -0.3 is 5.32 Å². The third-order valence-corrected chi connectivity index (χ3v) is 4.10. The van der Waals surface area contributed by atoms with Gasteiger partial charge in [0, 0.05) is 28.5 Å². The standard InChI is InChI=1S/C20H16ClNO/c1-14-6-9-18(13-19(14)21)22-11-10-20(23)17-8-7-15-4-2-3-5-16(15)12-17/h2-13,22H,1H3. The smallest absolute Gasteiger partial charge is 0.187 e. The van der Waals surface area contributed by atoms with Crippen LogP contribution in [0.2, 0.25) is 5.02 Å². The maximum Gasteiger partial charge on any atom is 0.187 e. The minimum Gasteiger partial charge on any atom is -0.362 e. The Labute approximate surface area is 140 Å². The predicted octanol–water partition coefficient (Wildman–Crippen LogP) is 5.61. The fraction of sp³-hybridized carbons (Fsp3) is 0.0500. The summed E-state index contributed by atoms with van der Waals surface area (Å²) in [6, 6.07) is 19.4. The zero-order chi connectivity index (χ0) is 16.2. The third-order valence-electron chi connectivity index (χ3n) is 3.69. The van der Waals surface area contributed by atoms with Crippen LogP contribution >= 0.6 is 11.6 Å². The Bertz CT molecular complexity index is 899. The molecule has 0 aromatic heterocycles. The fourth-order valence-corrected chi connectivity index (χ4v) is 2.52. The van der Waals surface area contributed by atoms with E-state index in [9.17, 15) is 4.79 Å².